The van der Waals surface area contributed by atoms with E-state index < -0.39 is 0 Å². The van der Waals surface area contributed by atoms with Crippen molar-refractivity contribution in [2.75, 3.05) is 26.2 Å². The van der Waals surface area contributed by atoms with E-state index in [1.807, 2.05) is 23.6 Å². The van der Waals surface area contributed by atoms with E-state index in [1.54, 1.807) is 0 Å². The lowest BCUT2D eigenvalue weighted by Gasteiger charge is -2.34. The Morgan fingerprint density at radius 2 is 1.40 bits per heavy atom. The van der Waals surface area contributed by atoms with Gasteiger partial charge in [-0.15, -0.1) is 0 Å². The van der Waals surface area contributed by atoms with Crippen LogP contribution in [0.1, 0.15) is 33.1 Å². The average molecular weight is 212 g/mol. The lowest BCUT2D eigenvalue weighted by atomic mass is 10.2. The van der Waals surface area contributed by atoms with Crippen molar-refractivity contribution in [3.63, 3.8) is 0 Å². The molecule has 1 heterocycles. The fourth-order valence-corrected chi connectivity index (χ4v) is 1.80. The fourth-order valence-electron chi connectivity index (χ4n) is 1.80. The maximum Gasteiger partial charge on any atom is 0.222 e. The third-order valence-corrected chi connectivity index (χ3v) is 2.75. The Balaban J connectivity index is 2.35. The van der Waals surface area contributed by atoms with Crippen LogP contribution in [-0.2, 0) is 9.59 Å². The number of hydrogen-bond acceptors (Lipinski definition) is 2. The number of amides is 2. The molecule has 1 aliphatic rings. The second-order valence-electron chi connectivity index (χ2n) is 3.87. The highest BCUT2D eigenvalue weighted by atomic mass is 16.2. The molecule has 0 aromatic carbocycles. The molecule has 0 unspecified atom stereocenters. The van der Waals surface area contributed by atoms with Crippen LogP contribution in [-0.4, -0.2) is 47.8 Å². The zero-order valence-corrected chi connectivity index (χ0v) is 9.66. The lowest BCUT2D eigenvalue weighted by molar-refractivity contribution is -0.139. The van der Waals surface area contributed by atoms with Crippen LogP contribution in [0.2, 0.25) is 0 Å². The van der Waals surface area contributed by atoms with E-state index in [4.69, 9.17) is 0 Å². The Bertz CT molecular complexity index is 233. The Morgan fingerprint density at radius 3 is 1.80 bits per heavy atom. The van der Waals surface area contributed by atoms with E-state index in [2.05, 4.69) is 0 Å². The maximum atomic E-state index is 11.6. The average Bonchev–Trinajstić information content (AvgIpc) is 2.28. The van der Waals surface area contributed by atoms with Gasteiger partial charge in [-0.2, -0.15) is 0 Å². The van der Waals surface area contributed by atoms with Crippen molar-refractivity contribution in [1.29, 1.82) is 0 Å². The third-order valence-electron chi connectivity index (χ3n) is 2.75. The summed E-state index contributed by atoms with van der Waals surface area (Å²) in [4.78, 5) is 26.7. The van der Waals surface area contributed by atoms with Gasteiger partial charge >= 0.3 is 0 Å². The molecule has 0 aliphatic carbocycles. The van der Waals surface area contributed by atoms with Crippen LogP contribution in [0.25, 0.3) is 0 Å². The number of carbonyl (C=O) groups is 2. The summed E-state index contributed by atoms with van der Waals surface area (Å²) < 4.78 is 0. The smallest absolute Gasteiger partial charge is 0.222 e. The molecule has 2 amide bonds. The molecule has 0 atom stereocenters. The van der Waals surface area contributed by atoms with Gasteiger partial charge in [0.1, 0.15) is 0 Å². The van der Waals surface area contributed by atoms with Gasteiger partial charge in [0, 0.05) is 39.0 Å². The molecule has 1 aliphatic heterocycles. The molecule has 4 heteroatoms. The predicted molar refractivity (Wildman–Crippen MR) is 58.4 cm³/mol. The van der Waals surface area contributed by atoms with E-state index in [9.17, 15) is 9.59 Å². The summed E-state index contributed by atoms with van der Waals surface area (Å²) in [7, 11) is 0. The minimum absolute atomic E-state index is 0.192. The van der Waals surface area contributed by atoms with Crippen molar-refractivity contribution in [2.45, 2.75) is 33.1 Å². The van der Waals surface area contributed by atoms with Crippen molar-refractivity contribution in [3.8, 4) is 0 Å². The first kappa shape index (κ1) is 12.0. The number of piperazine rings is 1. The van der Waals surface area contributed by atoms with Crippen LogP contribution in [0.5, 0.6) is 0 Å². The van der Waals surface area contributed by atoms with Crippen molar-refractivity contribution in [3.05, 3.63) is 0 Å². The fraction of sp³-hybridized carbons (Fsp3) is 0.818. The van der Waals surface area contributed by atoms with Crippen molar-refractivity contribution in [2.24, 2.45) is 0 Å². The molecular weight excluding hydrogens is 192 g/mol. The summed E-state index contributed by atoms with van der Waals surface area (Å²) in [6, 6.07) is 0. The quantitative estimate of drug-likeness (QED) is 0.696. The molecule has 1 rings (SSSR count). The van der Waals surface area contributed by atoms with E-state index in [-0.39, 0.29) is 11.8 Å². The molecule has 1 saturated heterocycles. The Morgan fingerprint density at radius 1 is 0.933 bits per heavy atom. The minimum atomic E-state index is 0.192. The van der Waals surface area contributed by atoms with Gasteiger partial charge in [-0.3, -0.25) is 9.59 Å². The topological polar surface area (TPSA) is 40.6 Å². The van der Waals surface area contributed by atoms with Gasteiger partial charge in [-0.05, 0) is 6.42 Å². The van der Waals surface area contributed by atoms with Gasteiger partial charge in [0.15, 0.2) is 0 Å². The molecule has 15 heavy (non-hydrogen) atoms. The SMILES string of the molecule is CCCC(=O)N1CCN(C(=O)CC)CC1. The predicted octanol–water partition coefficient (Wildman–Crippen LogP) is 0.867. The van der Waals surface area contributed by atoms with Gasteiger partial charge in [0.05, 0.1) is 0 Å². The normalized spacial score (nSPS) is 16.7. The van der Waals surface area contributed by atoms with Crippen molar-refractivity contribution < 1.29 is 9.59 Å². The van der Waals surface area contributed by atoms with Crippen LogP contribution in [0.4, 0.5) is 0 Å². The molecule has 4 nitrogen and oxygen atoms in total. The Labute approximate surface area is 91.2 Å². The standard InChI is InChI=1S/C11H20N2O2/c1-3-5-11(15)13-8-6-12(7-9-13)10(14)4-2/h3-9H2,1-2H3. The van der Waals surface area contributed by atoms with Gasteiger partial charge in [-0.25, -0.2) is 0 Å². The van der Waals surface area contributed by atoms with Crippen molar-refractivity contribution in [1.82, 2.24) is 9.80 Å². The van der Waals surface area contributed by atoms with Crippen LogP contribution >= 0.6 is 0 Å². The second-order valence-corrected chi connectivity index (χ2v) is 3.87. The summed E-state index contributed by atoms with van der Waals surface area (Å²) >= 11 is 0. The molecule has 0 bridgehead atoms. The van der Waals surface area contributed by atoms with Crippen LogP contribution in [0.3, 0.4) is 0 Å². The van der Waals surface area contributed by atoms with Gasteiger partial charge in [0.2, 0.25) is 11.8 Å². The molecule has 0 saturated carbocycles. The molecule has 0 spiro atoms. The molecule has 0 N–H and O–H groups in total. The Hall–Kier alpha value is -1.06. The summed E-state index contributed by atoms with van der Waals surface area (Å²) in [5.41, 5.74) is 0. The molecule has 1 fully saturated rings. The highest BCUT2D eigenvalue weighted by molar-refractivity contribution is 5.78. The highest BCUT2D eigenvalue weighted by Crippen LogP contribution is 2.06. The first-order valence-corrected chi connectivity index (χ1v) is 5.74. The first-order chi connectivity index (χ1) is 7.19. The molecule has 0 aromatic heterocycles. The number of carbonyl (C=O) groups excluding carboxylic acids is 2. The minimum Gasteiger partial charge on any atom is -0.339 e. The summed E-state index contributed by atoms with van der Waals surface area (Å²) in [6.45, 7) is 6.67. The molecule has 0 aromatic rings. The van der Waals surface area contributed by atoms with E-state index in [1.165, 1.54) is 0 Å². The van der Waals surface area contributed by atoms with Crippen LogP contribution < -0.4 is 0 Å². The van der Waals surface area contributed by atoms with E-state index in [0.29, 0.717) is 39.0 Å². The zero-order valence-electron chi connectivity index (χ0n) is 9.66. The maximum absolute atomic E-state index is 11.6. The third kappa shape index (κ3) is 3.22. The van der Waals surface area contributed by atoms with Crippen LogP contribution in [0, 0.1) is 0 Å². The number of nitrogens with zero attached hydrogens (tertiary/aromatic N) is 2. The highest BCUT2D eigenvalue weighted by Gasteiger charge is 2.22. The van der Waals surface area contributed by atoms with Crippen LogP contribution in [0.15, 0.2) is 0 Å². The largest absolute Gasteiger partial charge is 0.339 e. The van der Waals surface area contributed by atoms with E-state index in [0.717, 1.165) is 6.42 Å². The number of rotatable bonds is 3. The summed E-state index contributed by atoms with van der Waals surface area (Å²) in [5, 5.41) is 0. The second kappa shape index (κ2) is 5.73. The Kier molecular flexibility index (Phi) is 4.59. The monoisotopic (exact) mass is 212 g/mol. The molecule has 0 radical (unpaired) electrons. The molecular formula is C11H20N2O2. The lowest BCUT2D eigenvalue weighted by Crippen LogP contribution is -2.50. The summed E-state index contributed by atoms with van der Waals surface area (Å²) in [5.74, 6) is 0.415. The zero-order chi connectivity index (χ0) is 11.3. The summed E-state index contributed by atoms with van der Waals surface area (Å²) in [6.07, 6.45) is 2.08. The van der Waals surface area contributed by atoms with E-state index >= 15 is 0 Å². The van der Waals surface area contributed by atoms with Gasteiger partial charge in [0.25, 0.3) is 0 Å². The van der Waals surface area contributed by atoms with Crippen molar-refractivity contribution >= 4 is 11.8 Å². The first-order valence-electron chi connectivity index (χ1n) is 5.74. The van der Waals surface area contributed by atoms with Gasteiger partial charge in [-0.1, -0.05) is 13.8 Å². The molecule has 86 valence electrons. The van der Waals surface area contributed by atoms with Gasteiger partial charge < -0.3 is 9.80 Å². The number of hydrogen-bond donors (Lipinski definition) is 0.